The molecule has 1 saturated heterocycles. The molecule has 2 heterocycles. The number of aromatic nitrogens is 1. The van der Waals surface area contributed by atoms with Gasteiger partial charge in [-0.15, -0.1) is 11.3 Å². The highest BCUT2D eigenvalue weighted by molar-refractivity contribution is 7.09. The van der Waals surface area contributed by atoms with E-state index in [1.807, 2.05) is 12.3 Å². The quantitative estimate of drug-likeness (QED) is 0.866. The van der Waals surface area contributed by atoms with Crippen LogP contribution >= 0.6 is 11.3 Å². The summed E-state index contributed by atoms with van der Waals surface area (Å²) >= 11 is 1.51. The molecule has 0 spiro atoms. The number of amides is 2. The lowest BCUT2D eigenvalue weighted by Gasteiger charge is -2.18. The van der Waals surface area contributed by atoms with E-state index in [-0.39, 0.29) is 11.9 Å². The molecular weight excluding hydrogens is 317 g/mol. The van der Waals surface area contributed by atoms with Crippen LogP contribution in [0.4, 0.5) is 18.0 Å². The lowest BCUT2D eigenvalue weighted by molar-refractivity contribution is -0.143. The van der Waals surface area contributed by atoms with Crippen molar-refractivity contribution in [2.24, 2.45) is 5.92 Å². The maximum Gasteiger partial charge on any atom is 0.401 e. The SMILES string of the molecule is Cc1nc(CNC(=O)NC[C@@H]2CCN(CC(F)(F)F)C2)cs1. The molecule has 1 atom stereocenters. The van der Waals surface area contributed by atoms with Gasteiger partial charge in [-0.25, -0.2) is 9.78 Å². The minimum Gasteiger partial charge on any atom is -0.338 e. The summed E-state index contributed by atoms with van der Waals surface area (Å²) in [6, 6.07) is -0.320. The molecule has 0 radical (unpaired) electrons. The Morgan fingerprint density at radius 3 is 2.91 bits per heavy atom. The highest BCUT2D eigenvalue weighted by Crippen LogP contribution is 2.22. The van der Waals surface area contributed by atoms with E-state index < -0.39 is 12.7 Å². The average Bonchev–Trinajstić information content (AvgIpc) is 3.01. The monoisotopic (exact) mass is 336 g/mol. The zero-order valence-electron chi connectivity index (χ0n) is 12.2. The second kappa shape index (κ2) is 7.28. The lowest BCUT2D eigenvalue weighted by Crippen LogP contribution is -2.39. The van der Waals surface area contributed by atoms with Gasteiger partial charge in [-0.1, -0.05) is 0 Å². The van der Waals surface area contributed by atoms with Crippen molar-refractivity contribution in [2.45, 2.75) is 26.1 Å². The van der Waals surface area contributed by atoms with Crippen molar-refractivity contribution in [1.29, 1.82) is 0 Å². The van der Waals surface area contributed by atoms with Crippen LogP contribution in [0.5, 0.6) is 0 Å². The minimum absolute atomic E-state index is 0.0645. The van der Waals surface area contributed by atoms with E-state index in [0.717, 1.165) is 10.7 Å². The van der Waals surface area contributed by atoms with Gasteiger partial charge in [0, 0.05) is 18.5 Å². The third-order valence-corrected chi connectivity index (χ3v) is 4.24. The molecule has 1 aliphatic rings. The number of nitrogens with one attached hydrogen (secondary N) is 2. The lowest BCUT2D eigenvalue weighted by atomic mass is 10.1. The van der Waals surface area contributed by atoms with Gasteiger partial charge in [0.25, 0.3) is 0 Å². The predicted molar refractivity (Wildman–Crippen MR) is 77.7 cm³/mol. The van der Waals surface area contributed by atoms with Crippen molar-refractivity contribution in [3.8, 4) is 0 Å². The number of carbonyl (C=O) groups excluding carboxylic acids is 1. The van der Waals surface area contributed by atoms with E-state index >= 15 is 0 Å². The Labute approximate surface area is 130 Å². The second-order valence-electron chi connectivity index (χ2n) is 5.43. The van der Waals surface area contributed by atoms with E-state index in [2.05, 4.69) is 15.6 Å². The molecule has 22 heavy (non-hydrogen) atoms. The third kappa shape index (κ3) is 5.80. The van der Waals surface area contributed by atoms with Crippen molar-refractivity contribution in [3.63, 3.8) is 0 Å². The van der Waals surface area contributed by atoms with E-state index in [1.165, 1.54) is 16.2 Å². The number of halogens is 3. The fourth-order valence-corrected chi connectivity index (χ4v) is 3.05. The molecule has 2 amide bonds. The Balaban J connectivity index is 1.63. The van der Waals surface area contributed by atoms with Crippen molar-refractivity contribution in [3.05, 3.63) is 16.1 Å². The van der Waals surface area contributed by atoms with Crippen molar-refractivity contribution < 1.29 is 18.0 Å². The van der Waals surface area contributed by atoms with Crippen LogP contribution in [-0.4, -0.2) is 48.3 Å². The normalized spacial score (nSPS) is 19.4. The van der Waals surface area contributed by atoms with E-state index in [4.69, 9.17) is 0 Å². The molecule has 0 bridgehead atoms. The van der Waals surface area contributed by atoms with E-state index in [0.29, 0.717) is 32.6 Å². The van der Waals surface area contributed by atoms with Gasteiger partial charge in [0.05, 0.1) is 23.8 Å². The smallest absolute Gasteiger partial charge is 0.338 e. The first-order valence-electron chi connectivity index (χ1n) is 7.03. The van der Waals surface area contributed by atoms with E-state index in [1.54, 1.807) is 0 Å². The van der Waals surface area contributed by atoms with Crippen LogP contribution in [0.15, 0.2) is 5.38 Å². The predicted octanol–water partition coefficient (Wildman–Crippen LogP) is 2.13. The number of hydrogen-bond acceptors (Lipinski definition) is 4. The van der Waals surface area contributed by atoms with Gasteiger partial charge in [0.2, 0.25) is 0 Å². The van der Waals surface area contributed by atoms with Gasteiger partial charge in [-0.3, -0.25) is 4.90 Å². The Bertz CT molecular complexity index is 506. The molecule has 124 valence electrons. The summed E-state index contributed by atoms with van der Waals surface area (Å²) in [6.45, 7) is 2.54. The molecule has 1 aromatic heterocycles. The van der Waals surface area contributed by atoms with Crippen LogP contribution in [0.3, 0.4) is 0 Å². The number of alkyl halides is 3. The minimum atomic E-state index is -4.16. The van der Waals surface area contributed by atoms with Gasteiger partial charge >= 0.3 is 12.2 Å². The van der Waals surface area contributed by atoms with Gasteiger partial charge in [0.1, 0.15) is 0 Å². The Kier molecular flexibility index (Phi) is 5.63. The molecule has 0 aromatic carbocycles. The molecule has 1 fully saturated rings. The molecule has 2 N–H and O–H groups in total. The topological polar surface area (TPSA) is 57.3 Å². The number of urea groups is 1. The van der Waals surface area contributed by atoms with Gasteiger partial charge in [-0.05, 0) is 25.8 Å². The maximum atomic E-state index is 12.3. The van der Waals surface area contributed by atoms with Gasteiger partial charge in [0.15, 0.2) is 0 Å². The summed E-state index contributed by atoms with van der Waals surface area (Å²) in [4.78, 5) is 17.3. The zero-order valence-corrected chi connectivity index (χ0v) is 13.1. The standard InChI is InChI=1S/C13H19F3N4OS/c1-9-19-11(7-22-9)5-18-12(21)17-4-10-2-3-20(6-10)8-13(14,15)16/h7,10H,2-6,8H2,1H3,(H2,17,18,21)/t10-/m0/s1. The molecule has 2 rings (SSSR count). The molecule has 5 nitrogen and oxygen atoms in total. The zero-order chi connectivity index (χ0) is 16.2. The van der Waals surface area contributed by atoms with Gasteiger partial charge in [-0.2, -0.15) is 13.2 Å². The third-order valence-electron chi connectivity index (χ3n) is 3.42. The van der Waals surface area contributed by atoms with Crippen LogP contribution in [0, 0.1) is 12.8 Å². The van der Waals surface area contributed by atoms with Crippen LogP contribution in [0.2, 0.25) is 0 Å². The first kappa shape index (κ1) is 17.0. The maximum absolute atomic E-state index is 12.3. The van der Waals surface area contributed by atoms with Crippen LogP contribution in [0.25, 0.3) is 0 Å². The second-order valence-corrected chi connectivity index (χ2v) is 6.49. The van der Waals surface area contributed by atoms with Crippen LogP contribution < -0.4 is 10.6 Å². The summed E-state index contributed by atoms with van der Waals surface area (Å²) in [5, 5.41) is 8.20. The highest BCUT2D eigenvalue weighted by Gasteiger charge is 2.34. The molecule has 1 aromatic rings. The summed E-state index contributed by atoms with van der Waals surface area (Å²) < 4.78 is 36.9. The van der Waals surface area contributed by atoms with Gasteiger partial charge < -0.3 is 10.6 Å². The Morgan fingerprint density at radius 2 is 2.27 bits per heavy atom. The molecule has 0 saturated carbocycles. The average molecular weight is 336 g/mol. The first-order chi connectivity index (χ1) is 10.3. The van der Waals surface area contributed by atoms with Crippen molar-refractivity contribution in [2.75, 3.05) is 26.2 Å². The molecule has 0 aliphatic carbocycles. The number of carbonyl (C=O) groups is 1. The van der Waals surface area contributed by atoms with Crippen molar-refractivity contribution >= 4 is 17.4 Å². The molecule has 9 heteroatoms. The molecule has 1 aliphatic heterocycles. The first-order valence-corrected chi connectivity index (χ1v) is 7.91. The number of rotatable bonds is 5. The van der Waals surface area contributed by atoms with E-state index in [9.17, 15) is 18.0 Å². The fraction of sp³-hybridized carbons (Fsp3) is 0.692. The van der Waals surface area contributed by atoms with Crippen molar-refractivity contribution in [1.82, 2.24) is 20.5 Å². The van der Waals surface area contributed by atoms with Crippen LogP contribution in [0.1, 0.15) is 17.1 Å². The Morgan fingerprint density at radius 1 is 1.50 bits per heavy atom. The summed E-state index contributed by atoms with van der Waals surface area (Å²) in [5.41, 5.74) is 0.801. The Hall–Kier alpha value is -1.35. The summed E-state index contributed by atoms with van der Waals surface area (Å²) in [5.74, 6) is 0.0645. The summed E-state index contributed by atoms with van der Waals surface area (Å²) in [6.07, 6.45) is -3.49. The fourth-order valence-electron chi connectivity index (χ4n) is 2.44. The largest absolute Gasteiger partial charge is 0.401 e. The number of thiazole rings is 1. The molecule has 0 unspecified atom stereocenters. The number of nitrogens with zero attached hydrogens (tertiary/aromatic N) is 2. The number of hydrogen-bond donors (Lipinski definition) is 2. The number of aryl methyl sites for hydroxylation is 1. The number of likely N-dealkylation sites (tertiary alicyclic amines) is 1. The van der Waals surface area contributed by atoms with Crippen LogP contribution in [-0.2, 0) is 6.54 Å². The molecular formula is C13H19F3N4OS. The highest BCUT2D eigenvalue weighted by atomic mass is 32.1. The summed E-state index contributed by atoms with van der Waals surface area (Å²) in [7, 11) is 0.